The van der Waals surface area contributed by atoms with Crippen molar-refractivity contribution < 1.29 is 32.6 Å². The Morgan fingerprint density at radius 2 is 1.97 bits per heavy atom. The number of nitrogens with zero attached hydrogens (tertiary/aromatic N) is 1. The zero-order chi connectivity index (χ0) is 21.0. The van der Waals surface area contributed by atoms with Crippen molar-refractivity contribution in [3.8, 4) is 0 Å². The maximum absolute atomic E-state index is 12.2. The molecule has 10 heteroatoms. The van der Waals surface area contributed by atoms with E-state index in [0.29, 0.717) is 6.04 Å². The number of carbonyl (C=O) groups excluding carboxylic acids is 1. The molecule has 3 aliphatic rings. The van der Waals surface area contributed by atoms with Crippen LogP contribution in [0.4, 0.5) is 13.2 Å². The Morgan fingerprint density at radius 3 is 2.55 bits per heavy atom. The molecule has 2 saturated heterocycles. The van der Waals surface area contributed by atoms with E-state index >= 15 is 0 Å². The van der Waals surface area contributed by atoms with Crippen molar-refractivity contribution in [2.45, 2.75) is 63.1 Å². The number of carboxylic acids is 1. The molecule has 1 amide bonds. The van der Waals surface area contributed by atoms with Crippen LogP contribution in [-0.4, -0.2) is 59.4 Å². The summed E-state index contributed by atoms with van der Waals surface area (Å²) in [7, 11) is 0. The van der Waals surface area contributed by atoms with Gasteiger partial charge in [0.05, 0.1) is 6.10 Å². The van der Waals surface area contributed by atoms with Gasteiger partial charge >= 0.3 is 12.1 Å². The number of alkyl halides is 3. The van der Waals surface area contributed by atoms with Crippen LogP contribution in [0.2, 0.25) is 0 Å². The molecule has 0 spiro atoms. The summed E-state index contributed by atoms with van der Waals surface area (Å²) in [6.07, 6.45) is 0.474. The number of nitrogens with one attached hydrogen (secondary N) is 1. The number of fused-ring (bicyclic) bond motifs is 1. The van der Waals surface area contributed by atoms with Crippen LogP contribution < -0.4 is 5.32 Å². The average Bonchev–Trinajstić information content (AvgIpc) is 3.20. The van der Waals surface area contributed by atoms with E-state index in [1.54, 1.807) is 11.3 Å². The van der Waals surface area contributed by atoms with E-state index in [1.165, 1.54) is 18.4 Å². The van der Waals surface area contributed by atoms with Gasteiger partial charge < -0.3 is 15.2 Å². The summed E-state index contributed by atoms with van der Waals surface area (Å²) >= 11 is 1.76. The topological polar surface area (TPSA) is 78.9 Å². The fourth-order valence-electron chi connectivity index (χ4n) is 3.70. The van der Waals surface area contributed by atoms with E-state index in [2.05, 4.69) is 27.0 Å². The minimum atomic E-state index is -5.08. The second-order valence-corrected chi connectivity index (χ2v) is 8.47. The lowest BCUT2D eigenvalue weighted by Crippen LogP contribution is -2.47. The summed E-state index contributed by atoms with van der Waals surface area (Å²) in [6, 6.07) is 2.70. The first-order valence-electron chi connectivity index (χ1n) is 9.72. The predicted octanol–water partition coefficient (Wildman–Crippen LogP) is 3.03. The van der Waals surface area contributed by atoms with Crippen LogP contribution in [-0.2, 0) is 20.9 Å². The first kappa shape index (κ1) is 22.0. The van der Waals surface area contributed by atoms with Crippen LogP contribution in [0.25, 0.3) is 0 Å². The fourth-order valence-corrected chi connectivity index (χ4v) is 4.36. The van der Waals surface area contributed by atoms with Gasteiger partial charge in [0.15, 0.2) is 0 Å². The number of amides is 1. The normalized spacial score (nSPS) is 26.9. The number of thiophene rings is 1. The molecule has 3 fully saturated rings. The molecular formula is C19H25F3N2O4S. The predicted molar refractivity (Wildman–Crippen MR) is 100 cm³/mol. The summed E-state index contributed by atoms with van der Waals surface area (Å²) in [4.78, 5) is 23.6. The van der Waals surface area contributed by atoms with E-state index in [0.717, 1.165) is 44.8 Å². The van der Waals surface area contributed by atoms with E-state index in [9.17, 15) is 18.0 Å². The van der Waals surface area contributed by atoms with Gasteiger partial charge in [-0.15, -0.1) is 0 Å². The van der Waals surface area contributed by atoms with Gasteiger partial charge in [-0.2, -0.15) is 24.5 Å². The number of carbonyl (C=O) groups is 2. The van der Waals surface area contributed by atoms with E-state index < -0.39 is 12.1 Å². The molecule has 6 nitrogen and oxygen atoms in total. The minimum absolute atomic E-state index is 0.113. The fraction of sp³-hybridized carbons (Fsp3) is 0.684. The lowest BCUT2D eigenvalue weighted by molar-refractivity contribution is -0.192. The molecular weight excluding hydrogens is 409 g/mol. The quantitative estimate of drug-likeness (QED) is 0.745. The lowest BCUT2D eigenvalue weighted by Gasteiger charge is -2.35. The molecule has 2 N–H and O–H groups in total. The highest BCUT2D eigenvalue weighted by molar-refractivity contribution is 7.07. The molecule has 4 rings (SSSR count). The molecule has 3 heterocycles. The Hall–Kier alpha value is -1.65. The standard InChI is InChI=1S/C17H24N2O2S.C2HF3O2/c20-17(18-9-12-1-2-12)16-4-3-14-15(21-16)5-7-19(14)10-13-6-8-22-11-13;3-2(4,5)1(6)7/h6,8,11-12,14-16H,1-5,7,9-10H2,(H,18,20);(H,6,7)/t14-,15-,16+;/m1./s1. The van der Waals surface area contributed by atoms with Crippen molar-refractivity contribution in [3.63, 3.8) is 0 Å². The number of hydrogen-bond acceptors (Lipinski definition) is 5. The van der Waals surface area contributed by atoms with Gasteiger partial charge in [0.25, 0.3) is 0 Å². The second kappa shape index (κ2) is 9.44. The first-order chi connectivity index (χ1) is 13.7. The number of ether oxygens (including phenoxy) is 1. The number of hydrogen-bond donors (Lipinski definition) is 2. The Balaban J connectivity index is 0.000000298. The Bertz CT molecular complexity index is 694. The molecule has 0 unspecified atom stereocenters. The molecule has 1 aromatic rings. The zero-order valence-electron chi connectivity index (χ0n) is 15.9. The molecule has 0 bridgehead atoms. The summed E-state index contributed by atoms with van der Waals surface area (Å²) < 4.78 is 37.9. The third-order valence-electron chi connectivity index (χ3n) is 5.43. The van der Waals surface area contributed by atoms with Crippen molar-refractivity contribution in [1.29, 1.82) is 0 Å². The van der Waals surface area contributed by atoms with Crippen LogP contribution in [0.5, 0.6) is 0 Å². The summed E-state index contributed by atoms with van der Waals surface area (Å²) in [6.45, 7) is 2.95. The van der Waals surface area contributed by atoms with Crippen molar-refractivity contribution in [1.82, 2.24) is 10.2 Å². The van der Waals surface area contributed by atoms with Gasteiger partial charge in [-0.25, -0.2) is 4.79 Å². The maximum Gasteiger partial charge on any atom is 0.490 e. The SMILES string of the molecule is O=C(NCC1CC1)[C@@H]1CC[C@@H]2[C@@H](CCN2Cc2ccsc2)O1.O=C(O)C(F)(F)F. The Morgan fingerprint density at radius 1 is 1.24 bits per heavy atom. The molecule has 3 atom stereocenters. The number of carboxylic acid groups (broad SMARTS) is 1. The van der Waals surface area contributed by atoms with E-state index in [4.69, 9.17) is 14.6 Å². The zero-order valence-corrected chi connectivity index (χ0v) is 16.7. The molecule has 1 aliphatic carbocycles. The third kappa shape index (κ3) is 6.42. The molecule has 0 radical (unpaired) electrons. The molecule has 1 saturated carbocycles. The molecule has 2 aliphatic heterocycles. The first-order valence-corrected chi connectivity index (χ1v) is 10.7. The second-order valence-electron chi connectivity index (χ2n) is 7.69. The third-order valence-corrected chi connectivity index (χ3v) is 6.16. The molecule has 1 aromatic heterocycles. The lowest BCUT2D eigenvalue weighted by atomic mass is 9.98. The summed E-state index contributed by atoms with van der Waals surface area (Å²) in [5.74, 6) is -1.91. The number of halogens is 3. The van der Waals surface area contributed by atoms with Crippen molar-refractivity contribution in [3.05, 3.63) is 22.4 Å². The Kier molecular flexibility index (Phi) is 7.18. The maximum atomic E-state index is 12.2. The van der Waals surface area contributed by atoms with Gasteiger partial charge in [-0.3, -0.25) is 9.69 Å². The summed E-state index contributed by atoms with van der Waals surface area (Å²) in [5, 5.41) is 14.6. The largest absolute Gasteiger partial charge is 0.490 e. The minimum Gasteiger partial charge on any atom is -0.475 e. The van der Waals surface area contributed by atoms with Crippen LogP contribution in [0.15, 0.2) is 16.8 Å². The number of rotatable bonds is 5. The van der Waals surface area contributed by atoms with Crippen LogP contribution in [0, 0.1) is 5.92 Å². The van der Waals surface area contributed by atoms with Crippen LogP contribution in [0.1, 0.15) is 37.7 Å². The van der Waals surface area contributed by atoms with Crippen molar-refractivity contribution in [2.75, 3.05) is 13.1 Å². The highest BCUT2D eigenvalue weighted by Gasteiger charge is 2.41. The van der Waals surface area contributed by atoms with Gasteiger partial charge in [-0.05, 0) is 60.4 Å². The highest BCUT2D eigenvalue weighted by Crippen LogP contribution is 2.33. The van der Waals surface area contributed by atoms with Crippen LogP contribution >= 0.6 is 11.3 Å². The molecule has 162 valence electrons. The van der Waals surface area contributed by atoms with Crippen molar-refractivity contribution >= 4 is 23.2 Å². The van der Waals surface area contributed by atoms with E-state index in [1.807, 2.05) is 0 Å². The smallest absolute Gasteiger partial charge is 0.475 e. The number of likely N-dealkylation sites (tertiary alicyclic amines) is 1. The number of aliphatic carboxylic acids is 1. The van der Waals surface area contributed by atoms with Gasteiger partial charge in [-0.1, -0.05) is 0 Å². The highest BCUT2D eigenvalue weighted by atomic mass is 32.1. The monoisotopic (exact) mass is 434 g/mol. The van der Waals surface area contributed by atoms with Crippen molar-refractivity contribution in [2.24, 2.45) is 5.92 Å². The average molecular weight is 434 g/mol. The van der Waals surface area contributed by atoms with E-state index in [-0.39, 0.29) is 18.1 Å². The van der Waals surface area contributed by atoms with Gasteiger partial charge in [0.1, 0.15) is 6.10 Å². The van der Waals surface area contributed by atoms with Gasteiger partial charge in [0, 0.05) is 25.7 Å². The van der Waals surface area contributed by atoms with Gasteiger partial charge in [0.2, 0.25) is 5.91 Å². The van der Waals surface area contributed by atoms with Crippen LogP contribution in [0.3, 0.4) is 0 Å². The Labute approximate surface area is 171 Å². The summed E-state index contributed by atoms with van der Waals surface area (Å²) in [5.41, 5.74) is 1.40. The molecule has 0 aromatic carbocycles. The molecule has 29 heavy (non-hydrogen) atoms.